The van der Waals surface area contributed by atoms with Crippen LogP contribution in [0.4, 0.5) is 24.7 Å². The van der Waals surface area contributed by atoms with Gasteiger partial charge < -0.3 is 15.5 Å². The van der Waals surface area contributed by atoms with E-state index in [0.717, 1.165) is 41.8 Å². The van der Waals surface area contributed by atoms with Crippen LogP contribution in [0.5, 0.6) is 0 Å². The van der Waals surface area contributed by atoms with Gasteiger partial charge in [-0.05, 0) is 73.9 Å². The minimum Gasteiger partial charge on any atom is -0.366 e. The first kappa shape index (κ1) is 23.6. The van der Waals surface area contributed by atoms with Crippen molar-refractivity contribution in [2.75, 3.05) is 22.9 Å². The summed E-state index contributed by atoms with van der Waals surface area (Å²) in [6.45, 7) is 7.44. The highest BCUT2D eigenvalue weighted by atomic mass is 19.4. The third-order valence-electron chi connectivity index (χ3n) is 6.28. The third kappa shape index (κ3) is 4.71. The molecule has 8 heteroatoms. The number of anilines is 2. The van der Waals surface area contributed by atoms with Crippen molar-refractivity contribution in [3.63, 3.8) is 0 Å². The minimum atomic E-state index is -4.36. The van der Waals surface area contributed by atoms with Crippen molar-refractivity contribution in [3.05, 3.63) is 77.5 Å². The van der Waals surface area contributed by atoms with E-state index in [0.29, 0.717) is 11.1 Å². The van der Waals surface area contributed by atoms with Crippen molar-refractivity contribution in [1.82, 2.24) is 4.98 Å². The van der Waals surface area contributed by atoms with Gasteiger partial charge in [-0.3, -0.25) is 4.79 Å². The van der Waals surface area contributed by atoms with Crippen LogP contribution < -0.4 is 15.5 Å². The van der Waals surface area contributed by atoms with Gasteiger partial charge in [-0.2, -0.15) is 13.2 Å². The molecule has 1 aromatic heterocycles. The summed E-state index contributed by atoms with van der Waals surface area (Å²) in [5.74, 6) is 0.284. The molecule has 0 aliphatic carbocycles. The number of piperazine rings is 1. The smallest absolute Gasteiger partial charge is 0.366 e. The van der Waals surface area contributed by atoms with Crippen LogP contribution in [0.3, 0.4) is 0 Å². The third-order valence-corrected chi connectivity index (χ3v) is 6.28. The average molecular weight is 469 g/mol. The summed E-state index contributed by atoms with van der Waals surface area (Å²) in [7, 11) is 0. The van der Waals surface area contributed by atoms with E-state index in [1.807, 2.05) is 30.3 Å². The summed E-state index contributed by atoms with van der Waals surface area (Å²) in [6, 6.07) is 15.6. The first-order valence-electron chi connectivity index (χ1n) is 11.1. The van der Waals surface area contributed by atoms with Gasteiger partial charge in [-0.1, -0.05) is 18.2 Å². The molecule has 4 rings (SSSR count). The lowest BCUT2D eigenvalue weighted by Gasteiger charge is -2.46. The Labute approximate surface area is 197 Å². The molecule has 178 valence electrons. The summed E-state index contributed by atoms with van der Waals surface area (Å²) < 4.78 is 39.2. The molecule has 1 aliphatic heterocycles. The van der Waals surface area contributed by atoms with E-state index in [9.17, 15) is 18.0 Å². The van der Waals surface area contributed by atoms with Gasteiger partial charge >= 0.3 is 6.18 Å². The molecule has 1 amide bonds. The maximum atomic E-state index is 13.1. The number of pyridine rings is 1. The molecule has 0 saturated carbocycles. The number of nitrogens with two attached hydrogens (primary N) is 1. The van der Waals surface area contributed by atoms with Gasteiger partial charge in [0.2, 0.25) is 5.91 Å². The largest absolute Gasteiger partial charge is 0.416 e. The van der Waals surface area contributed by atoms with Crippen molar-refractivity contribution in [2.45, 2.75) is 39.0 Å². The number of aromatic nitrogens is 1. The number of rotatable bonds is 4. The van der Waals surface area contributed by atoms with Crippen molar-refractivity contribution in [3.8, 4) is 11.1 Å². The fourth-order valence-electron chi connectivity index (χ4n) is 4.74. The average Bonchev–Trinajstić information content (AvgIpc) is 2.78. The summed E-state index contributed by atoms with van der Waals surface area (Å²) >= 11 is 0. The van der Waals surface area contributed by atoms with Crippen LogP contribution in [0, 0.1) is 6.92 Å². The number of nitrogens with zero attached hydrogens (tertiary/aromatic N) is 3. The SMILES string of the molecule is Cc1cc(C(F)(F)F)ccc1-c1cccc(N2C(C)CN(c3ccc(C(N)=O)cn3)CC2C)c1. The fourth-order valence-corrected chi connectivity index (χ4v) is 4.74. The molecule has 2 unspecified atom stereocenters. The van der Waals surface area contributed by atoms with E-state index in [1.165, 1.54) is 12.3 Å². The van der Waals surface area contributed by atoms with Gasteiger partial charge in [0.15, 0.2) is 0 Å². The Bertz CT molecular complexity index is 1180. The molecular formula is C26H27F3N4O. The molecule has 1 fully saturated rings. The van der Waals surface area contributed by atoms with E-state index in [-0.39, 0.29) is 12.1 Å². The molecule has 0 bridgehead atoms. The molecule has 2 aromatic carbocycles. The van der Waals surface area contributed by atoms with Crippen LogP contribution in [0.25, 0.3) is 11.1 Å². The van der Waals surface area contributed by atoms with E-state index >= 15 is 0 Å². The molecule has 2 atom stereocenters. The second-order valence-corrected chi connectivity index (χ2v) is 8.86. The lowest BCUT2D eigenvalue weighted by molar-refractivity contribution is -0.137. The molecular weight excluding hydrogens is 441 g/mol. The van der Waals surface area contributed by atoms with Crippen LogP contribution in [0.2, 0.25) is 0 Å². The summed E-state index contributed by atoms with van der Waals surface area (Å²) in [5.41, 5.74) is 8.32. The number of carbonyl (C=O) groups excluding carboxylic acids is 1. The van der Waals surface area contributed by atoms with E-state index < -0.39 is 17.6 Å². The minimum absolute atomic E-state index is 0.158. The first-order valence-corrected chi connectivity index (χ1v) is 11.1. The Hall–Kier alpha value is -3.55. The van der Waals surface area contributed by atoms with Crippen molar-refractivity contribution in [1.29, 1.82) is 0 Å². The van der Waals surface area contributed by atoms with Crippen LogP contribution >= 0.6 is 0 Å². The Kier molecular flexibility index (Phi) is 6.25. The van der Waals surface area contributed by atoms with E-state index in [4.69, 9.17) is 5.73 Å². The molecule has 2 heterocycles. The van der Waals surface area contributed by atoms with Crippen LogP contribution in [0.15, 0.2) is 60.8 Å². The topological polar surface area (TPSA) is 62.5 Å². The predicted molar refractivity (Wildman–Crippen MR) is 128 cm³/mol. The zero-order valence-corrected chi connectivity index (χ0v) is 19.3. The number of hydrogen-bond acceptors (Lipinski definition) is 4. The normalized spacial score (nSPS) is 18.8. The van der Waals surface area contributed by atoms with Crippen LogP contribution in [-0.4, -0.2) is 36.1 Å². The molecule has 0 radical (unpaired) electrons. The maximum absolute atomic E-state index is 13.1. The van der Waals surface area contributed by atoms with E-state index in [2.05, 4.69) is 28.6 Å². The highest BCUT2D eigenvalue weighted by molar-refractivity contribution is 5.92. The predicted octanol–water partition coefficient (Wildman–Crippen LogP) is 5.28. The first-order chi connectivity index (χ1) is 16.0. The summed E-state index contributed by atoms with van der Waals surface area (Å²) in [4.78, 5) is 20.2. The van der Waals surface area contributed by atoms with Gasteiger partial charge in [0.25, 0.3) is 0 Å². The van der Waals surface area contributed by atoms with Gasteiger partial charge in [0.1, 0.15) is 5.82 Å². The zero-order valence-electron chi connectivity index (χ0n) is 19.3. The number of amides is 1. The highest BCUT2D eigenvalue weighted by Crippen LogP contribution is 2.35. The highest BCUT2D eigenvalue weighted by Gasteiger charge is 2.32. The number of carbonyl (C=O) groups is 1. The van der Waals surface area contributed by atoms with Crippen LogP contribution in [0.1, 0.15) is 35.3 Å². The molecule has 2 N–H and O–H groups in total. The molecule has 0 spiro atoms. The van der Waals surface area contributed by atoms with Gasteiger partial charge in [-0.15, -0.1) is 0 Å². The monoisotopic (exact) mass is 468 g/mol. The van der Waals surface area contributed by atoms with E-state index in [1.54, 1.807) is 19.1 Å². The van der Waals surface area contributed by atoms with Crippen molar-refractivity contribution < 1.29 is 18.0 Å². The zero-order chi connectivity index (χ0) is 24.6. The lowest BCUT2D eigenvalue weighted by atomic mass is 9.97. The molecule has 1 saturated heterocycles. The Balaban J connectivity index is 1.57. The van der Waals surface area contributed by atoms with Crippen LogP contribution in [-0.2, 0) is 6.18 Å². The second kappa shape index (κ2) is 9.00. The Morgan fingerprint density at radius 2 is 1.74 bits per heavy atom. The molecule has 3 aromatic rings. The lowest BCUT2D eigenvalue weighted by Crippen LogP contribution is -2.57. The molecule has 5 nitrogen and oxygen atoms in total. The number of benzene rings is 2. The number of halogens is 3. The fraction of sp³-hybridized carbons (Fsp3) is 0.308. The second-order valence-electron chi connectivity index (χ2n) is 8.86. The Morgan fingerprint density at radius 3 is 2.29 bits per heavy atom. The number of aryl methyl sites for hydroxylation is 1. The standard InChI is InChI=1S/C26H27F3N4O/c1-16-11-21(26(27,28)29)8-9-23(16)19-5-4-6-22(12-19)33-17(2)14-32(15-18(33)3)24-10-7-20(13-31-24)25(30)34/h4-13,17-18H,14-15H2,1-3H3,(H2,30,34). The summed E-state index contributed by atoms with van der Waals surface area (Å²) in [6.07, 6.45) is -2.86. The summed E-state index contributed by atoms with van der Waals surface area (Å²) in [5, 5.41) is 0. The number of primary amides is 1. The number of alkyl halides is 3. The quantitative estimate of drug-likeness (QED) is 0.566. The molecule has 34 heavy (non-hydrogen) atoms. The van der Waals surface area contributed by atoms with Gasteiger partial charge in [-0.25, -0.2) is 4.98 Å². The number of hydrogen-bond donors (Lipinski definition) is 1. The van der Waals surface area contributed by atoms with Crippen molar-refractivity contribution >= 4 is 17.4 Å². The van der Waals surface area contributed by atoms with Gasteiger partial charge in [0.05, 0.1) is 11.1 Å². The molecule has 1 aliphatic rings. The van der Waals surface area contributed by atoms with Crippen molar-refractivity contribution in [2.24, 2.45) is 5.73 Å². The van der Waals surface area contributed by atoms with Gasteiger partial charge in [0, 0.05) is 37.1 Å². The maximum Gasteiger partial charge on any atom is 0.416 e. The Morgan fingerprint density at radius 1 is 1.03 bits per heavy atom.